The van der Waals surface area contributed by atoms with Gasteiger partial charge in [-0.1, -0.05) is 0 Å². The molecule has 1 aromatic heterocycles. The van der Waals surface area contributed by atoms with Crippen LogP contribution in [0.15, 0.2) is 18.2 Å². The van der Waals surface area contributed by atoms with Crippen LogP contribution in [0.4, 0.5) is 24.8 Å². The van der Waals surface area contributed by atoms with E-state index in [0.717, 1.165) is 12.1 Å². The van der Waals surface area contributed by atoms with Crippen LogP contribution < -0.4 is 10.6 Å². The van der Waals surface area contributed by atoms with Crippen LogP contribution in [0.1, 0.15) is 16.2 Å². The minimum atomic E-state index is -1.66. The van der Waals surface area contributed by atoms with Gasteiger partial charge in [-0.2, -0.15) is 0 Å². The number of amides is 1. The molecule has 0 saturated carbocycles. The lowest BCUT2D eigenvalue weighted by molar-refractivity contribution is 0.102. The number of anilines is 2. The molecule has 0 unspecified atom stereocenters. The van der Waals surface area contributed by atoms with Crippen molar-refractivity contribution in [3.05, 3.63) is 47.0 Å². The summed E-state index contributed by atoms with van der Waals surface area (Å²) in [5.41, 5.74) is -0.0311. The summed E-state index contributed by atoms with van der Waals surface area (Å²) >= 11 is 0. The molecule has 0 spiro atoms. The zero-order valence-electron chi connectivity index (χ0n) is 13.0. The number of benzene rings is 1. The van der Waals surface area contributed by atoms with Gasteiger partial charge >= 0.3 is 0 Å². The lowest BCUT2D eigenvalue weighted by Gasteiger charge is -2.09. The number of aromatic nitrogens is 2. The third-order valence-electron chi connectivity index (χ3n) is 2.96. The van der Waals surface area contributed by atoms with E-state index >= 15 is 0 Å². The number of nitrogens with zero attached hydrogens (tertiary/aromatic N) is 2. The van der Waals surface area contributed by atoms with Gasteiger partial charge in [-0.05, 0) is 25.1 Å². The van der Waals surface area contributed by atoms with Crippen LogP contribution in [0.2, 0.25) is 0 Å². The van der Waals surface area contributed by atoms with Gasteiger partial charge in [-0.3, -0.25) is 4.79 Å². The van der Waals surface area contributed by atoms with Crippen molar-refractivity contribution in [2.24, 2.45) is 0 Å². The molecule has 0 radical (unpaired) electrons. The second kappa shape index (κ2) is 7.73. The van der Waals surface area contributed by atoms with E-state index in [1.165, 1.54) is 13.2 Å². The zero-order valence-corrected chi connectivity index (χ0v) is 13.0. The molecule has 1 amide bonds. The van der Waals surface area contributed by atoms with E-state index in [1.54, 1.807) is 6.92 Å². The van der Waals surface area contributed by atoms with Crippen molar-refractivity contribution < 1.29 is 22.7 Å². The Morgan fingerprint density at radius 3 is 2.67 bits per heavy atom. The third-order valence-corrected chi connectivity index (χ3v) is 2.96. The summed E-state index contributed by atoms with van der Waals surface area (Å²) in [6.07, 6.45) is 0. The Kier molecular flexibility index (Phi) is 5.69. The molecule has 1 aromatic carbocycles. The van der Waals surface area contributed by atoms with E-state index in [1.807, 2.05) is 0 Å². The highest BCUT2D eigenvalue weighted by Gasteiger charge is 2.17. The molecule has 0 aliphatic heterocycles. The number of ether oxygens (including phenoxy) is 1. The molecular formula is C15H15F3N4O2. The number of rotatable bonds is 6. The van der Waals surface area contributed by atoms with Crippen LogP contribution >= 0.6 is 0 Å². The standard InChI is InChI=1S/C15H15F3N4O2/c1-8-7-11(22-15(20-8)19-5-6-24-2)14(23)21-10-4-3-9(16)12(17)13(10)18/h3-4,7H,5-6H2,1-2H3,(H,21,23)(H,19,20,22). The fourth-order valence-electron chi connectivity index (χ4n) is 1.84. The molecule has 128 valence electrons. The average Bonchev–Trinajstić information content (AvgIpc) is 2.55. The Hall–Kier alpha value is -2.68. The normalized spacial score (nSPS) is 10.5. The number of nitrogens with one attached hydrogen (secondary N) is 2. The van der Waals surface area contributed by atoms with E-state index in [0.29, 0.717) is 18.8 Å². The van der Waals surface area contributed by atoms with Gasteiger partial charge in [-0.25, -0.2) is 23.1 Å². The molecular weight excluding hydrogens is 325 g/mol. The Labute approximate surface area is 136 Å². The Bertz CT molecular complexity index is 756. The zero-order chi connectivity index (χ0) is 17.7. The number of halogens is 3. The molecule has 0 fully saturated rings. The maximum Gasteiger partial charge on any atom is 0.274 e. The summed E-state index contributed by atoms with van der Waals surface area (Å²) in [5, 5.41) is 5.02. The lowest BCUT2D eigenvalue weighted by atomic mass is 10.2. The second-order valence-corrected chi connectivity index (χ2v) is 4.81. The summed E-state index contributed by atoms with van der Waals surface area (Å²) in [4.78, 5) is 20.2. The van der Waals surface area contributed by atoms with E-state index in [4.69, 9.17) is 4.74 Å². The number of carbonyl (C=O) groups excluding carboxylic acids is 1. The van der Waals surface area contributed by atoms with Crippen molar-refractivity contribution in [2.75, 3.05) is 30.9 Å². The highest BCUT2D eigenvalue weighted by Crippen LogP contribution is 2.20. The van der Waals surface area contributed by atoms with Crippen LogP contribution in [0.5, 0.6) is 0 Å². The highest BCUT2D eigenvalue weighted by molar-refractivity contribution is 6.03. The highest BCUT2D eigenvalue weighted by atomic mass is 19.2. The van der Waals surface area contributed by atoms with Crippen molar-refractivity contribution in [3.8, 4) is 0 Å². The van der Waals surface area contributed by atoms with Crippen LogP contribution in [-0.2, 0) is 4.74 Å². The SMILES string of the molecule is COCCNc1nc(C)cc(C(=O)Nc2ccc(F)c(F)c2F)n1. The van der Waals surface area contributed by atoms with Crippen LogP contribution in [0.3, 0.4) is 0 Å². The fraction of sp³-hybridized carbons (Fsp3) is 0.267. The van der Waals surface area contributed by atoms with Gasteiger partial charge in [0.15, 0.2) is 17.5 Å². The van der Waals surface area contributed by atoms with E-state index in [9.17, 15) is 18.0 Å². The second-order valence-electron chi connectivity index (χ2n) is 4.81. The topological polar surface area (TPSA) is 76.1 Å². The average molecular weight is 340 g/mol. The number of aryl methyl sites for hydroxylation is 1. The summed E-state index contributed by atoms with van der Waals surface area (Å²) in [7, 11) is 1.54. The van der Waals surface area contributed by atoms with Crippen molar-refractivity contribution in [1.82, 2.24) is 9.97 Å². The first-order valence-corrected chi connectivity index (χ1v) is 6.95. The molecule has 0 saturated heterocycles. The van der Waals surface area contributed by atoms with Crippen LogP contribution in [-0.4, -0.2) is 36.1 Å². The van der Waals surface area contributed by atoms with Crippen molar-refractivity contribution in [3.63, 3.8) is 0 Å². The number of hydrogen-bond donors (Lipinski definition) is 2. The summed E-state index contributed by atoms with van der Waals surface area (Å²) in [5.74, 6) is -5.06. The molecule has 9 heteroatoms. The monoisotopic (exact) mass is 340 g/mol. The molecule has 1 heterocycles. The maximum atomic E-state index is 13.6. The molecule has 0 bridgehead atoms. The van der Waals surface area contributed by atoms with Gasteiger partial charge in [0.25, 0.3) is 5.91 Å². The summed E-state index contributed by atoms with van der Waals surface area (Å²) in [6.45, 7) is 2.50. The van der Waals surface area contributed by atoms with E-state index in [-0.39, 0.29) is 11.6 Å². The van der Waals surface area contributed by atoms with E-state index in [2.05, 4.69) is 20.6 Å². The van der Waals surface area contributed by atoms with Gasteiger partial charge in [0.2, 0.25) is 5.95 Å². The first kappa shape index (κ1) is 17.7. The smallest absolute Gasteiger partial charge is 0.274 e. The molecule has 0 aliphatic rings. The van der Waals surface area contributed by atoms with Gasteiger partial charge in [0.05, 0.1) is 12.3 Å². The van der Waals surface area contributed by atoms with Gasteiger partial charge in [0.1, 0.15) is 5.69 Å². The van der Waals surface area contributed by atoms with E-state index < -0.39 is 29.0 Å². The molecule has 0 aliphatic carbocycles. The molecule has 2 aromatic rings. The minimum absolute atomic E-state index is 0.0495. The number of carbonyl (C=O) groups is 1. The van der Waals surface area contributed by atoms with Crippen molar-refractivity contribution >= 4 is 17.5 Å². The maximum absolute atomic E-state index is 13.6. The predicted octanol–water partition coefficient (Wildman–Crippen LogP) is 2.51. The quantitative estimate of drug-likeness (QED) is 0.624. The van der Waals surface area contributed by atoms with Gasteiger partial charge < -0.3 is 15.4 Å². The Morgan fingerprint density at radius 2 is 1.96 bits per heavy atom. The molecule has 2 rings (SSSR count). The van der Waals surface area contributed by atoms with Crippen LogP contribution in [0.25, 0.3) is 0 Å². The molecule has 6 nitrogen and oxygen atoms in total. The third kappa shape index (κ3) is 4.19. The molecule has 0 atom stereocenters. The number of methoxy groups -OCH3 is 1. The fourth-order valence-corrected chi connectivity index (χ4v) is 1.84. The van der Waals surface area contributed by atoms with Crippen molar-refractivity contribution in [1.29, 1.82) is 0 Å². The van der Waals surface area contributed by atoms with Crippen molar-refractivity contribution in [2.45, 2.75) is 6.92 Å². The molecule has 24 heavy (non-hydrogen) atoms. The van der Waals surface area contributed by atoms with Crippen LogP contribution in [0, 0.1) is 24.4 Å². The minimum Gasteiger partial charge on any atom is -0.383 e. The van der Waals surface area contributed by atoms with Gasteiger partial charge in [0, 0.05) is 19.3 Å². The van der Waals surface area contributed by atoms with Gasteiger partial charge in [-0.15, -0.1) is 0 Å². The Balaban J connectivity index is 2.19. The lowest BCUT2D eigenvalue weighted by Crippen LogP contribution is -2.18. The first-order chi connectivity index (χ1) is 11.4. The predicted molar refractivity (Wildman–Crippen MR) is 81.4 cm³/mol. The number of hydrogen-bond acceptors (Lipinski definition) is 5. The first-order valence-electron chi connectivity index (χ1n) is 6.95. The summed E-state index contributed by atoms with van der Waals surface area (Å²) < 4.78 is 44.6. The largest absolute Gasteiger partial charge is 0.383 e. The summed E-state index contributed by atoms with van der Waals surface area (Å²) in [6, 6.07) is 3.03. The Morgan fingerprint density at radius 1 is 1.21 bits per heavy atom. The molecule has 2 N–H and O–H groups in total.